The Morgan fingerprint density at radius 3 is 2.67 bits per heavy atom. The van der Waals surface area contributed by atoms with Crippen LogP contribution in [0.2, 0.25) is 0 Å². The average Bonchev–Trinajstić information content (AvgIpc) is 2.66. The molecule has 1 heterocycles. The van der Waals surface area contributed by atoms with Crippen LogP contribution in [0.25, 0.3) is 0 Å². The van der Waals surface area contributed by atoms with Gasteiger partial charge in [-0.3, -0.25) is 9.69 Å². The van der Waals surface area contributed by atoms with Crippen LogP contribution in [-0.2, 0) is 4.79 Å². The Morgan fingerprint density at radius 1 is 1.26 bits per heavy atom. The van der Waals surface area contributed by atoms with Gasteiger partial charge in [0, 0.05) is 27.1 Å². The Hall–Kier alpha value is -2.87. The van der Waals surface area contributed by atoms with Crippen LogP contribution in [0.1, 0.15) is 6.92 Å². The molecule has 0 aromatic heterocycles. The molecule has 1 unspecified atom stereocenters. The summed E-state index contributed by atoms with van der Waals surface area (Å²) in [6.07, 6.45) is 4.85. The van der Waals surface area contributed by atoms with E-state index in [2.05, 4.69) is 15.3 Å². The number of likely N-dealkylation sites (N-methyl/N-ethyl adjacent to an activating group) is 1. The van der Waals surface area contributed by atoms with Crippen LogP contribution in [0.5, 0.6) is 11.5 Å². The van der Waals surface area contributed by atoms with Gasteiger partial charge in [0.25, 0.3) is 0 Å². The molecule has 2 rings (SSSR count). The lowest BCUT2D eigenvalue weighted by Gasteiger charge is -2.29. The van der Waals surface area contributed by atoms with Crippen molar-refractivity contribution in [3.8, 4) is 11.5 Å². The van der Waals surface area contributed by atoms with Gasteiger partial charge in [-0.15, -0.1) is 0 Å². The number of urea groups is 1. The molecular formula is C19H26N4O4. The fourth-order valence-electron chi connectivity index (χ4n) is 2.47. The second-order valence-corrected chi connectivity index (χ2v) is 6.18. The van der Waals surface area contributed by atoms with E-state index in [-0.39, 0.29) is 24.5 Å². The molecule has 1 aromatic carbocycles. The average molecular weight is 374 g/mol. The molecule has 0 saturated heterocycles. The summed E-state index contributed by atoms with van der Waals surface area (Å²) >= 11 is 0. The Kier molecular flexibility index (Phi) is 7.81. The normalized spacial score (nSPS) is 16.1. The molecule has 2 amide bonds. The van der Waals surface area contributed by atoms with E-state index in [1.807, 2.05) is 43.5 Å². The fraction of sp³-hybridized carbons (Fsp3) is 0.421. The van der Waals surface area contributed by atoms with Crippen molar-refractivity contribution in [3.05, 3.63) is 36.4 Å². The second kappa shape index (κ2) is 10.3. The monoisotopic (exact) mass is 374 g/mol. The summed E-state index contributed by atoms with van der Waals surface area (Å²) in [6.45, 7) is 3.55. The van der Waals surface area contributed by atoms with Gasteiger partial charge in [0.05, 0.1) is 12.8 Å². The lowest BCUT2D eigenvalue weighted by molar-refractivity contribution is -0.110. The van der Waals surface area contributed by atoms with Gasteiger partial charge in [0.15, 0.2) is 17.3 Å². The Labute approximate surface area is 159 Å². The van der Waals surface area contributed by atoms with Crippen molar-refractivity contribution in [1.29, 1.82) is 0 Å². The van der Waals surface area contributed by atoms with Gasteiger partial charge >= 0.3 is 6.03 Å². The molecule has 8 nitrogen and oxygen atoms in total. The maximum atomic E-state index is 11.7. The quantitative estimate of drug-likeness (QED) is 0.424. The highest BCUT2D eigenvalue weighted by Crippen LogP contribution is 2.30. The Morgan fingerprint density at radius 2 is 1.96 bits per heavy atom. The maximum absolute atomic E-state index is 11.7. The van der Waals surface area contributed by atoms with Crippen LogP contribution < -0.4 is 14.8 Å². The Balaban J connectivity index is 1.78. The smallest absolute Gasteiger partial charge is 0.337 e. The number of fused-ring (bicyclic) bond motifs is 1. The van der Waals surface area contributed by atoms with Gasteiger partial charge in [-0.25, -0.2) is 9.80 Å². The van der Waals surface area contributed by atoms with Crippen LogP contribution in [0.15, 0.2) is 41.5 Å². The molecule has 1 N–H and O–H groups in total. The van der Waals surface area contributed by atoms with Crippen molar-refractivity contribution in [2.24, 2.45) is 5.10 Å². The van der Waals surface area contributed by atoms with E-state index in [0.29, 0.717) is 19.7 Å². The number of nitrogens with one attached hydrogen (secondary N) is 1. The van der Waals surface area contributed by atoms with Crippen LogP contribution in [0, 0.1) is 0 Å². The summed E-state index contributed by atoms with van der Waals surface area (Å²) in [6, 6.07) is 7.25. The van der Waals surface area contributed by atoms with Crippen molar-refractivity contribution in [2.45, 2.75) is 13.0 Å². The van der Waals surface area contributed by atoms with Gasteiger partial charge in [0.2, 0.25) is 0 Å². The highest BCUT2D eigenvalue weighted by molar-refractivity contribution is 6.26. The van der Waals surface area contributed by atoms with Crippen LogP contribution >= 0.6 is 0 Å². The number of amides is 2. The SMILES string of the molecule is CNC(=O)N(C/C=C/CN(C)CC1COc2ccccc2O1)/N=C\C(C)=O. The third-order valence-corrected chi connectivity index (χ3v) is 3.77. The van der Waals surface area contributed by atoms with Gasteiger partial charge < -0.3 is 14.8 Å². The summed E-state index contributed by atoms with van der Waals surface area (Å²) in [5, 5.41) is 7.55. The molecule has 1 aromatic rings. The number of carbonyl (C=O) groups excluding carboxylic acids is 2. The van der Waals surface area contributed by atoms with E-state index in [9.17, 15) is 9.59 Å². The van der Waals surface area contributed by atoms with Crippen molar-refractivity contribution in [2.75, 3.05) is 40.3 Å². The van der Waals surface area contributed by atoms with E-state index in [0.717, 1.165) is 17.7 Å². The summed E-state index contributed by atoms with van der Waals surface area (Å²) < 4.78 is 11.7. The number of benzene rings is 1. The molecule has 1 aliphatic rings. The topological polar surface area (TPSA) is 83.5 Å². The van der Waals surface area contributed by atoms with Crippen LogP contribution in [-0.4, -0.2) is 74.4 Å². The maximum Gasteiger partial charge on any atom is 0.337 e. The number of ketones is 1. The standard InChI is InChI=1S/C19H26N4O4/c1-15(24)12-21-23(19(25)20-2)11-7-6-10-22(3)13-16-14-26-17-8-4-5-9-18(17)27-16/h4-9,12,16H,10-11,13-14H2,1-3H3,(H,20,25)/b7-6+,21-12-. The molecule has 27 heavy (non-hydrogen) atoms. The number of hydrogen-bond donors (Lipinski definition) is 1. The van der Waals surface area contributed by atoms with Gasteiger partial charge in [0.1, 0.15) is 12.7 Å². The summed E-state index contributed by atoms with van der Waals surface area (Å²) in [7, 11) is 3.50. The van der Waals surface area contributed by atoms with E-state index in [1.54, 1.807) is 0 Å². The number of ether oxygens (including phenoxy) is 2. The van der Waals surface area contributed by atoms with Crippen molar-refractivity contribution < 1.29 is 19.1 Å². The first-order chi connectivity index (χ1) is 13.0. The third kappa shape index (κ3) is 6.74. The van der Waals surface area contributed by atoms with Crippen LogP contribution in [0.4, 0.5) is 4.79 Å². The van der Waals surface area contributed by atoms with Gasteiger partial charge in [-0.05, 0) is 19.2 Å². The number of para-hydroxylation sites is 2. The molecule has 8 heteroatoms. The molecule has 0 radical (unpaired) electrons. The van der Waals surface area contributed by atoms with Crippen LogP contribution in [0.3, 0.4) is 0 Å². The molecule has 0 fully saturated rings. The predicted octanol–water partition coefficient (Wildman–Crippen LogP) is 1.53. The van der Waals surface area contributed by atoms with E-state index < -0.39 is 0 Å². The molecule has 0 saturated carbocycles. The highest BCUT2D eigenvalue weighted by Gasteiger charge is 2.21. The van der Waals surface area contributed by atoms with Crippen molar-refractivity contribution in [1.82, 2.24) is 15.2 Å². The van der Waals surface area contributed by atoms with Gasteiger partial charge in [-0.1, -0.05) is 24.3 Å². The number of nitrogens with zero attached hydrogens (tertiary/aromatic N) is 3. The van der Waals surface area contributed by atoms with Crippen molar-refractivity contribution in [3.63, 3.8) is 0 Å². The number of carbonyl (C=O) groups is 2. The first kappa shape index (κ1) is 20.4. The summed E-state index contributed by atoms with van der Waals surface area (Å²) in [5.74, 6) is 1.32. The minimum Gasteiger partial charge on any atom is -0.486 e. The first-order valence-corrected chi connectivity index (χ1v) is 8.75. The number of rotatable bonds is 8. The third-order valence-electron chi connectivity index (χ3n) is 3.77. The molecular weight excluding hydrogens is 348 g/mol. The summed E-state index contributed by atoms with van der Waals surface area (Å²) in [5.41, 5.74) is 0. The Bertz CT molecular complexity index is 705. The number of hydrazone groups is 1. The minimum absolute atomic E-state index is 0.0409. The molecule has 1 atom stereocenters. The summed E-state index contributed by atoms with van der Waals surface area (Å²) in [4.78, 5) is 24.8. The van der Waals surface area contributed by atoms with Gasteiger partial charge in [-0.2, -0.15) is 5.10 Å². The first-order valence-electron chi connectivity index (χ1n) is 8.75. The van der Waals surface area contributed by atoms with E-state index >= 15 is 0 Å². The zero-order chi connectivity index (χ0) is 19.6. The lowest BCUT2D eigenvalue weighted by Crippen LogP contribution is -2.39. The highest BCUT2D eigenvalue weighted by atomic mass is 16.6. The second-order valence-electron chi connectivity index (χ2n) is 6.18. The predicted molar refractivity (Wildman–Crippen MR) is 103 cm³/mol. The zero-order valence-corrected chi connectivity index (χ0v) is 15.9. The van der Waals surface area contributed by atoms with E-state index in [1.165, 1.54) is 19.0 Å². The minimum atomic E-state index is -0.378. The fourth-order valence-corrected chi connectivity index (χ4v) is 2.47. The zero-order valence-electron chi connectivity index (χ0n) is 15.9. The molecule has 0 bridgehead atoms. The lowest BCUT2D eigenvalue weighted by atomic mass is 10.2. The van der Waals surface area contributed by atoms with E-state index in [4.69, 9.17) is 9.47 Å². The number of Topliss-reactive ketones (excluding diaryl/α,β-unsaturated/α-hetero) is 1. The van der Waals surface area contributed by atoms with Crippen molar-refractivity contribution >= 4 is 18.0 Å². The number of hydrogen-bond acceptors (Lipinski definition) is 6. The largest absolute Gasteiger partial charge is 0.486 e. The molecule has 1 aliphatic heterocycles. The molecule has 0 aliphatic carbocycles. The molecule has 0 spiro atoms. The molecule has 146 valence electrons.